The molecule has 11 heteroatoms. The standard InChI is InChI=1S/C35H40F3N3O5/c1-22-30(20-40(3)23(2)25-8-5-4-6-9-25)45-33(46-31(22)26-13-11-24(21-42)12-14-26)27-15-17-28(18-16-27)39-32(43)29-10-7-19-41(29)34(44)35(36,37)38/h4-6,8-9,11-18,22-23,29-31,33,42H,7,10,19-21H2,1-3H3,(H,39,43)/t22-,23-,29-,30+,31+,33+/m0/s1. The summed E-state index contributed by atoms with van der Waals surface area (Å²) in [7, 11) is 2.06. The first-order chi connectivity index (χ1) is 22.0. The molecule has 3 aromatic carbocycles. The summed E-state index contributed by atoms with van der Waals surface area (Å²) >= 11 is 0. The van der Waals surface area contributed by atoms with Gasteiger partial charge in [0.05, 0.1) is 18.8 Å². The molecule has 0 aliphatic carbocycles. The first-order valence-electron chi connectivity index (χ1n) is 15.5. The molecule has 2 fully saturated rings. The molecule has 3 aromatic rings. The molecule has 2 aliphatic rings. The SMILES string of the molecule is C[C@H]1[C@@H](CN(C)[C@@H](C)c2ccccc2)O[C@@H](c2ccc(NC(=O)[C@@H]3CCCN3C(=O)C(F)(F)F)cc2)O[C@H]1c1ccc(CO)cc1. The number of nitrogens with one attached hydrogen (secondary N) is 1. The zero-order valence-electron chi connectivity index (χ0n) is 26.1. The number of carbonyl (C=O) groups is 2. The van der Waals surface area contributed by atoms with Gasteiger partial charge in [0.1, 0.15) is 6.04 Å². The molecular weight excluding hydrogens is 599 g/mol. The molecule has 46 heavy (non-hydrogen) atoms. The number of alkyl halides is 3. The number of rotatable bonds is 9. The zero-order chi connectivity index (χ0) is 33.0. The van der Waals surface area contributed by atoms with Crippen molar-refractivity contribution >= 4 is 17.5 Å². The fourth-order valence-electron chi connectivity index (χ4n) is 6.15. The van der Waals surface area contributed by atoms with E-state index in [-0.39, 0.29) is 43.7 Å². The van der Waals surface area contributed by atoms with Gasteiger partial charge in [-0.15, -0.1) is 0 Å². The maximum absolute atomic E-state index is 13.0. The number of anilines is 1. The number of nitrogens with zero attached hydrogens (tertiary/aromatic N) is 2. The van der Waals surface area contributed by atoms with Crippen molar-refractivity contribution in [1.29, 1.82) is 0 Å². The van der Waals surface area contributed by atoms with Gasteiger partial charge < -0.3 is 24.8 Å². The summed E-state index contributed by atoms with van der Waals surface area (Å²) in [5, 5.41) is 12.2. The molecule has 8 nitrogen and oxygen atoms in total. The number of benzene rings is 3. The van der Waals surface area contributed by atoms with E-state index in [0.717, 1.165) is 11.1 Å². The minimum Gasteiger partial charge on any atom is -0.392 e. The van der Waals surface area contributed by atoms with E-state index < -0.39 is 30.3 Å². The normalized spacial score (nSPS) is 24.2. The van der Waals surface area contributed by atoms with E-state index in [1.807, 2.05) is 42.5 Å². The van der Waals surface area contributed by atoms with E-state index in [9.17, 15) is 27.9 Å². The van der Waals surface area contributed by atoms with E-state index in [0.29, 0.717) is 29.1 Å². The van der Waals surface area contributed by atoms with E-state index in [2.05, 4.69) is 43.2 Å². The molecule has 2 aliphatic heterocycles. The lowest BCUT2D eigenvalue weighted by Gasteiger charge is -2.43. The van der Waals surface area contributed by atoms with Crippen LogP contribution < -0.4 is 5.32 Å². The van der Waals surface area contributed by atoms with Crippen LogP contribution in [0.1, 0.15) is 67.4 Å². The van der Waals surface area contributed by atoms with Gasteiger partial charge in [0, 0.05) is 36.3 Å². The van der Waals surface area contributed by atoms with Gasteiger partial charge in [0.25, 0.3) is 0 Å². The maximum atomic E-state index is 13.0. The topological polar surface area (TPSA) is 91.3 Å². The predicted octanol–water partition coefficient (Wildman–Crippen LogP) is 6.16. The molecule has 6 atom stereocenters. The van der Waals surface area contributed by atoms with Crippen LogP contribution in [-0.2, 0) is 25.7 Å². The molecule has 2 N–H and O–H groups in total. The number of likely N-dealkylation sites (N-methyl/N-ethyl adjacent to an activating group) is 1. The average Bonchev–Trinajstić information content (AvgIpc) is 3.55. The molecule has 246 valence electrons. The van der Waals surface area contributed by atoms with E-state index in [1.54, 1.807) is 24.3 Å². The molecule has 5 rings (SSSR count). The molecule has 0 radical (unpaired) electrons. The van der Waals surface area contributed by atoms with Crippen molar-refractivity contribution in [1.82, 2.24) is 9.80 Å². The number of carbonyl (C=O) groups excluding carboxylic acids is 2. The highest BCUT2D eigenvalue weighted by molar-refractivity contribution is 5.98. The summed E-state index contributed by atoms with van der Waals surface area (Å²) in [5.74, 6) is -2.68. The predicted molar refractivity (Wildman–Crippen MR) is 166 cm³/mol. The third-order valence-corrected chi connectivity index (χ3v) is 9.04. The molecule has 0 spiro atoms. The van der Waals surface area contributed by atoms with Crippen molar-refractivity contribution in [2.45, 2.75) is 70.1 Å². The lowest BCUT2D eigenvalue weighted by molar-refractivity contribution is -0.276. The fourth-order valence-corrected chi connectivity index (χ4v) is 6.15. The quantitative estimate of drug-likeness (QED) is 0.292. The highest BCUT2D eigenvalue weighted by atomic mass is 19.4. The van der Waals surface area contributed by atoms with Crippen molar-refractivity contribution in [3.8, 4) is 0 Å². The third-order valence-electron chi connectivity index (χ3n) is 9.04. The second-order valence-corrected chi connectivity index (χ2v) is 12.1. The van der Waals surface area contributed by atoms with Gasteiger partial charge in [-0.25, -0.2) is 0 Å². The Morgan fingerprint density at radius 2 is 1.65 bits per heavy atom. The largest absolute Gasteiger partial charge is 0.471 e. The van der Waals surface area contributed by atoms with Gasteiger partial charge in [-0.1, -0.05) is 73.7 Å². The Bertz CT molecular complexity index is 1470. The van der Waals surface area contributed by atoms with Crippen LogP contribution in [0.5, 0.6) is 0 Å². The summed E-state index contributed by atoms with van der Waals surface area (Å²) in [4.78, 5) is 27.5. The Morgan fingerprint density at radius 3 is 2.28 bits per heavy atom. The van der Waals surface area contributed by atoms with Crippen LogP contribution in [0, 0.1) is 5.92 Å². The van der Waals surface area contributed by atoms with Crippen molar-refractivity contribution in [2.24, 2.45) is 5.92 Å². The number of hydrogen-bond donors (Lipinski definition) is 2. The molecule has 0 bridgehead atoms. The van der Waals surface area contributed by atoms with Crippen LogP contribution >= 0.6 is 0 Å². The molecule has 0 aromatic heterocycles. The van der Waals surface area contributed by atoms with Gasteiger partial charge in [-0.3, -0.25) is 14.5 Å². The van der Waals surface area contributed by atoms with Crippen LogP contribution in [0.25, 0.3) is 0 Å². The van der Waals surface area contributed by atoms with Crippen molar-refractivity contribution in [3.05, 3.63) is 101 Å². The van der Waals surface area contributed by atoms with Gasteiger partial charge in [0.2, 0.25) is 5.91 Å². The van der Waals surface area contributed by atoms with E-state index >= 15 is 0 Å². The number of amides is 2. The maximum Gasteiger partial charge on any atom is 0.471 e. The lowest BCUT2D eigenvalue weighted by atomic mass is 9.89. The van der Waals surface area contributed by atoms with Crippen molar-refractivity contribution in [3.63, 3.8) is 0 Å². The summed E-state index contributed by atoms with van der Waals surface area (Å²) < 4.78 is 52.2. The lowest BCUT2D eigenvalue weighted by Crippen LogP contribution is -2.48. The summed E-state index contributed by atoms with van der Waals surface area (Å²) in [5.41, 5.74) is 4.04. The van der Waals surface area contributed by atoms with Crippen LogP contribution in [0.15, 0.2) is 78.9 Å². The summed E-state index contributed by atoms with van der Waals surface area (Å²) in [6, 6.07) is 23.6. The van der Waals surface area contributed by atoms with Crippen LogP contribution in [0.3, 0.4) is 0 Å². The monoisotopic (exact) mass is 639 g/mol. The van der Waals surface area contributed by atoms with Gasteiger partial charge in [-0.2, -0.15) is 13.2 Å². The third kappa shape index (κ3) is 7.60. The number of aliphatic hydroxyl groups excluding tert-OH is 1. The number of halogens is 3. The minimum absolute atomic E-state index is 0.0195. The summed E-state index contributed by atoms with van der Waals surface area (Å²) in [6.45, 7) is 4.71. The molecular formula is C35H40F3N3O5. The smallest absolute Gasteiger partial charge is 0.392 e. The second-order valence-electron chi connectivity index (χ2n) is 12.1. The summed E-state index contributed by atoms with van der Waals surface area (Å²) in [6.07, 6.45) is -5.81. The molecule has 0 unspecified atom stereocenters. The first kappa shape index (κ1) is 33.6. The molecule has 2 saturated heterocycles. The van der Waals surface area contributed by atoms with Crippen molar-refractivity contribution < 1.29 is 37.3 Å². The van der Waals surface area contributed by atoms with Gasteiger partial charge in [0.15, 0.2) is 6.29 Å². The molecule has 2 amide bonds. The molecule has 2 heterocycles. The van der Waals surface area contributed by atoms with Crippen LogP contribution in [0.2, 0.25) is 0 Å². The zero-order valence-corrected chi connectivity index (χ0v) is 26.1. The number of hydrogen-bond acceptors (Lipinski definition) is 6. The number of likely N-dealkylation sites (tertiary alicyclic amines) is 1. The Morgan fingerprint density at radius 1 is 1.00 bits per heavy atom. The Kier molecular flexibility index (Phi) is 10.5. The number of ether oxygens (including phenoxy) is 2. The average molecular weight is 640 g/mol. The van der Waals surface area contributed by atoms with Gasteiger partial charge >= 0.3 is 12.1 Å². The van der Waals surface area contributed by atoms with Crippen molar-refractivity contribution in [2.75, 3.05) is 25.5 Å². The fraction of sp³-hybridized carbons (Fsp3) is 0.429. The van der Waals surface area contributed by atoms with Crippen LogP contribution in [-0.4, -0.2) is 65.2 Å². The second kappa shape index (κ2) is 14.3. The Labute approximate surface area is 267 Å². The van der Waals surface area contributed by atoms with Crippen LogP contribution in [0.4, 0.5) is 18.9 Å². The highest BCUT2D eigenvalue weighted by Crippen LogP contribution is 2.42. The Hall–Kier alpha value is -3.77. The first-order valence-corrected chi connectivity index (χ1v) is 15.5. The highest BCUT2D eigenvalue weighted by Gasteiger charge is 2.47. The molecule has 0 saturated carbocycles. The van der Waals surface area contributed by atoms with Gasteiger partial charge in [-0.05, 0) is 55.6 Å². The Balaban J connectivity index is 1.32. The number of aliphatic hydroxyl groups is 1. The minimum atomic E-state index is -5.03. The van der Waals surface area contributed by atoms with E-state index in [4.69, 9.17) is 9.47 Å². The van der Waals surface area contributed by atoms with E-state index in [1.165, 1.54) is 5.56 Å².